The number of carbonyl (C=O) groups is 2. The number of rotatable bonds is 7. The second kappa shape index (κ2) is 9.18. The van der Waals surface area contributed by atoms with Gasteiger partial charge >= 0.3 is 0 Å². The van der Waals surface area contributed by atoms with Crippen LogP contribution >= 0.6 is 0 Å². The molecule has 1 amide bonds. The predicted octanol–water partition coefficient (Wildman–Crippen LogP) is 5.41. The lowest BCUT2D eigenvalue weighted by Gasteiger charge is -2.06. The zero-order valence-corrected chi connectivity index (χ0v) is 18.7. The molecule has 174 valence electrons. The number of H-pyrrole nitrogens is 1. The number of hydrogen-bond donors (Lipinski definition) is 3. The molecule has 3 N–H and O–H groups in total. The van der Waals surface area contributed by atoms with Crippen molar-refractivity contribution in [3.8, 4) is 22.8 Å². The van der Waals surface area contributed by atoms with Crippen LogP contribution in [0, 0.1) is 0 Å². The first-order valence-electron chi connectivity index (χ1n) is 11.0. The number of furan rings is 1. The first-order valence-corrected chi connectivity index (χ1v) is 11.0. The Balaban J connectivity index is 1.48. The number of para-hydroxylation sites is 2. The summed E-state index contributed by atoms with van der Waals surface area (Å²) in [5.74, 6) is -0.161. The molecule has 0 aliphatic heterocycles. The molecule has 0 saturated heterocycles. The zero-order valence-electron chi connectivity index (χ0n) is 18.7. The maximum Gasteiger partial charge on any atom is 0.273 e. The van der Waals surface area contributed by atoms with E-state index in [1.807, 2.05) is 6.92 Å². The lowest BCUT2D eigenvalue weighted by Crippen LogP contribution is -2.14. The number of ether oxygens (including phenoxy) is 1. The van der Waals surface area contributed by atoms with Gasteiger partial charge in [0, 0.05) is 16.5 Å². The molecule has 5 aromatic rings. The van der Waals surface area contributed by atoms with Crippen molar-refractivity contribution in [3.05, 3.63) is 95.9 Å². The summed E-state index contributed by atoms with van der Waals surface area (Å²) < 4.78 is 11.3. The molecule has 0 bridgehead atoms. The molecule has 0 aliphatic rings. The third-order valence-electron chi connectivity index (χ3n) is 5.47. The fraction of sp³-hybridized carbons (Fsp3) is 0.0741. The van der Waals surface area contributed by atoms with Crippen molar-refractivity contribution in [1.82, 2.24) is 10.2 Å². The van der Waals surface area contributed by atoms with E-state index in [1.54, 1.807) is 72.8 Å². The average molecular weight is 467 g/mol. The number of aromatic amines is 1. The van der Waals surface area contributed by atoms with Crippen molar-refractivity contribution in [2.45, 2.75) is 6.92 Å². The van der Waals surface area contributed by atoms with Crippen LogP contribution < -0.4 is 10.1 Å². The summed E-state index contributed by atoms with van der Waals surface area (Å²) in [6, 6.07) is 22.0. The number of amides is 1. The minimum Gasteiger partial charge on any atom is -0.507 e. The third-order valence-corrected chi connectivity index (χ3v) is 5.47. The van der Waals surface area contributed by atoms with E-state index in [-0.39, 0.29) is 28.7 Å². The number of nitrogens with one attached hydrogen (secondary N) is 2. The van der Waals surface area contributed by atoms with Gasteiger partial charge in [-0.1, -0.05) is 24.3 Å². The van der Waals surface area contributed by atoms with Crippen LogP contribution in [0.1, 0.15) is 33.5 Å². The minimum atomic E-state index is -0.508. The summed E-state index contributed by atoms with van der Waals surface area (Å²) in [6.07, 6.45) is 0. The molecule has 0 saturated carbocycles. The van der Waals surface area contributed by atoms with Gasteiger partial charge in [-0.05, 0) is 61.5 Å². The van der Waals surface area contributed by atoms with Gasteiger partial charge < -0.3 is 19.6 Å². The van der Waals surface area contributed by atoms with Gasteiger partial charge in [-0.25, -0.2) is 0 Å². The Morgan fingerprint density at radius 2 is 1.77 bits per heavy atom. The van der Waals surface area contributed by atoms with Crippen LogP contribution in [0.5, 0.6) is 11.5 Å². The molecule has 0 radical (unpaired) electrons. The van der Waals surface area contributed by atoms with Crippen molar-refractivity contribution >= 4 is 28.3 Å². The summed E-state index contributed by atoms with van der Waals surface area (Å²) >= 11 is 0. The Labute approximate surface area is 200 Å². The van der Waals surface area contributed by atoms with E-state index in [9.17, 15) is 14.7 Å². The van der Waals surface area contributed by atoms with Crippen LogP contribution in [0.2, 0.25) is 0 Å². The number of aromatic hydroxyl groups is 1. The standard InChI is InChI=1S/C27H21N3O5/c1-2-34-17-13-11-16(12-14-17)25(32)26-24(19-8-4-6-10-23(19)35-26)28-27(33)21-15-20(29-30-21)18-7-3-5-9-22(18)31/h3-15,31H,2H2,1H3,(H,28,33)(H,29,30). The Morgan fingerprint density at radius 1 is 1.03 bits per heavy atom. The van der Waals surface area contributed by atoms with Gasteiger partial charge in [-0.15, -0.1) is 0 Å². The number of fused-ring (bicyclic) bond motifs is 1. The van der Waals surface area contributed by atoms with E-state index in [2.05, 4.69) is 15.5 Å². The van der Waals surface area contributed by atoms with E-state index in [0.29, 0.717) is 40.1 Å². The number of phenols is 1. The van der Waals surface area contributed by atoms with Crippen LogP contribution in [-0.4, -0.2) is 33.6 Å². The van der Waals surface area contributed by atoms with Gasteiger partial charge in [-0.3, -0.25) is 14.7 Å². The number of phenolic OH excluding ortho intramolecular Hbond substituents is 1. The van der Waals surface area contributed by atoms with E-state index in [1.165, 1.54) is 6.07 Å². The van der Waals surface area contributed by atoms with E-state index in [4.69, 9.17) is 9.15 Å². The highest BCUT2D eigenvalue weighted by molar-refractivity contribution is 6.18. The summed E-state index contributed by atoms with van der Waals surface area (Å²) in [7, 11) is 0. The third kappa shape index (κ3) is 4.24. The first-order chi connectivity index (χ1) is 17.0. The van der Waals surface area contributed by atoms with Gasteiger partial charge in [0.1, 0.15) is 22.8 Å². The summed E-state index contributed by atoms with van der Waals surface area (Å²) in [5, 5.41) is 20.3. The molecule has 0 fully saturated rings. The number of hydrogen-bond acceptors (Lipinski definition) is 6. The molecule has 3 aromatic carbocycles. The van der Waals surface area contributed by atoms with Gasteiger partial charge in [0.2, 0.25) is 5.78 Å². The lowest BCUT2D eigenvalue weighted by atomic mass is 10.1. The van der Waals surface area contributed by atoms with Crippen LogP contribution in [0.15, 0.2) is 83.3 Å². The van der Waals surface area contributed by atoms with Gasteiger partial charge in [-0.2, -0.15) is 5.10 Å². The molecule has 2 heterocycles. The maximum atomic E-state index is 13.3. The van der Waals surface area contributed by atoms with Crippen LogP contribution in [0.4, 0.5) is 5.69 Å². The maximum absolute atomic E-state index is 13.3. The van der Waals surface area contributed by atoms with Crippen molar-refractivity contribution in [3.63, 3.8) is 0 Å². The Hall–Kier alpha value is -4.85. The molecule has 0 atom stereocenters. The highest BCUT2D eigenvalue weighted by Crippen LogP contribution is 2.33. The number of ketones is 1. The predicted molar refractivity (Wildman–Crippen MR) is 131 cm³/mol. The molecular formula is C27H21N3O5. The monoisotopic (exact) mass is 467 g/mol. The molecular weight excluding hydrogens is 446 g/mol. The largest absolute Gasteiger partial charge is 0.507 e. The van der Waals surface area contributed by atoms with Crippen molar-refractivity contribution in [1.29, 1.82) is 0 Å². The quantitative estimate of drug-likeness (QED) is 0.276. The molecule has 35 heavy (non-hydrogen) atoms. The van der Waals surface area contributed by atoms with Crippen molar-refractivity contribution in [2.75, 3.05) is 11.9 Å². The second-order valence-electron chi connectivity index (χ2n) is 7.73. The smallest absolute Gasteiger partial charge is 0.273 e. The molecule has 2 aromatic heterocycles. The summed E-state index contributed by atoms with van der Waals surface area (Å²) in [4.78, 5) is 26.4. The van der Waals surface area contributed by atoms with Gasteiger partial charge in [0.15, 0.2) is 5.76 Å². The summed E-state index contributed by atoms with van der Waals surface area (Å²) in [5.41, 5.74) is 2.19. The van der Waals surface area contributed by atoms with Gasteiger partial charge in [0.05, 0.1) is 18.0 Å². The van der Waals surface area contributed by atoms with Gasteiger partial charge in [0.25, 0.3) is 5.91 Å². The number of aromatic nitrogens is 2. The van der Waals surface area contributed by atoms with Crippen molar-refractivity contribution in [2.24, 2.45) is 0 Å². The lowest BCUT2D eigenvalue weighted by molar-refractivity contribution is 0.101. The SMILES string of the molecule is CCOc1ccc(C(=O)c2oc3ccccc3c2NC(=O)c2cc(-c3ccccc3O)n[nH]2)cc1. The highest BCUT2D eigenvalue weighted by atomic mass is 16.5. The Kier molecular flexibility index (Phi) is 5.76. The first kappa shape index (κ1) is 22.0. The Bertz CT molecular complexity index is 1530. The molecule has 0 unspecified atom stereocenters. The van der Waals surface area contributed by atoms with Crippen LogP contribution in [0.3, 0.4) is 0 Å². The van der Waals surface area contributed by atoms with E-state index >= 15 is 0 Å². The van der Waals surface area contributed by atoms with Crippen molar-refractivity contribution < 1.29 is 23.8 Å². The molecule has 8 nitrogen and oxygen atoms in total. The van der Waals surface area contributed by atoms with Crippen LogP contribution in [-0.2, 0) is 0 Å². The topological polar surface area (TPSA) is 117 Å². The molecule has 0 spiro atoms. The van der Waals surface area contributed by atoms with E-state index in [0.717, 1.165) is 0 Å². The fourth-order valence-corrected chi connectivity index (χ4v) is 3.78. The Morgan fingerprint density at radius 3 is 2.54 bits per heavy atom. The van der Waals surface area contributed by atoms with E-state index < -0.39 is 5.91 Å². The zero-order chi connectivity index (χ0) is 24.4. The number of anilines is 1. The molecule has 8 heteroatoms. The minimum absolute atomic E-state index is 0.0177. The number of nitrogens with zero attached hydrogens (tertiary/aromatic N) is 1. The highest BCUT2D eigenvalue weighted by Gasteiger charge is 2.24. The molecule has 0 aliphatic carbocycles. The second-order valence-corrected chi connectivity index (χ2v) is 7.73. The molecule has 5 rings (SSSR count). The summed E-state index contributed by atoms with van der Waals surface area (Å²) in [6.45, 7) is 2.40. The van der Waals surface area contributed by atoms with Crippen LogP contribution in [0.25, 0.3) is 22.2 Å². The average Bonchev–Trinajstić information content (AvgIpc) is 3.50. The fourth-order valence-electron chi connectivity index (χ4n) is 3.78. The number of carbonyl (C=O) groups excluding carboxylic acids is 2. The normalized spacial score (nSPS) is 10.9. The number of benzene rings is 3.